The van der Waals surface area contributed by atoms with Gasteiger partial charge in [0.2, 0.25) is 10.0 Å². The molecule has 2 rings (SSSR count). The molecule has 5 nitrogen and oxygen atoms in total. The molecule has 2 unspecified atom stereocenters. The van der Waals surface area contributed by atoms with E-state index in [4.69, 9.17) is 0 Å². The number of halogens is 1. The lowest BCUT2D eigenvalue weighted by molar-refractivity contribution is -0.140. The Kier molecular flexibility index (Phi) is 5.02. The zero-order valence-electron chi connectivity index (χ0n) is 11.6. The molecule has 116 valence electrons. The quantitative estimate of drug-likeness (QED) is 0.850. The lowest BCUT2D eigenvalue weighted by Crippen LogP contribution is -2.45. The van der Waals surface area contributed by atoms with Crippen LogP contribution in [-0.2, 0) is 14.8 Å². The predicted molar refractivity (Wildman–Crippen MR) is 85.9 cm³/mol. The van der Waals surface area contributed by atoms with Crippen molar-refractivity contribution in [2.45, 2.75) is 36.6 Å². The Bertz CT molecular complexity index is 662. The molecule has 1 aliphatic heterocycles. The van der Waals surface area contributed by atoms with E-state index in [-0.39, 0.29) is 16.0 Å². The number of aryl methyl sites for hydroxylation is 1. The summed E-state index contributed by atoms with van der Waals surface area (Å²) in [6, 6.07) is 3.98. The monoisotopic (exact) mass is 393 g/mol. The van der Waals surface area contributed by atoms with Crippen LogP contribution in [0, 0.1) is 6.92 Å². The third-order valence-corrected chi connectivity index (χ3v) is 7.52. The van der Waals surface area contributed by atoms with E-state index in [0.717, 1.165) is 4.31 Å². The molecule has 1 saturated heterocycles. The molecule has 1 N–H and O–H groups in total. The number of carbonyl (C=O) groups is 1. The summed E-state index contributed by atoms with van der Waals surface area (Å²) in [4.78, 5) is 11.5. The van der Waals surface area contributed by atoms with Gasteiger partial charge < -0.3 is 5.11 Å². The van der Waals surface area contributed by atoms with E-state index in [1.807, 2.05) is 6.92 Å². The molecule has 1 aliphatic rings. The molecule has 0 aromatic heterocycles. The minimum absolute atomic E-state index is 0.157. The van der Waals surface area contributed by atoms with Crippen LogP contribution in [0.25, 0.3) is 0 Å². The van der Waals surface area contributed by atoms with Crippen molar-refractivity contribution in [1.29, 1.82) is 0 Å². The number of nitrogens with zero attached hydrogens (tertiary/aromatic N) is 1. The highest BCUT2D eigenvalue weighted by Gasteiger charge is 2.46. The van der Waals surface area contributed by atoms with Gasteiger partial charge in [-0.15, -0.1) is 11.8 Å². The fourth-order valence-electron chi connectivity index (χ4n) is 2.32. The number of hydrogen-bond donors (Lipinski definition) is 1. The van der Waals surface area contributed by atoms with Crippen LogP contribution in [0.3, 0.4) is 0 Å². The zero-order valence-corrected chi connectivity index (χ0v) is 14.8. The van der Waals surface area contributed by atoms with Gasteiger partial charge in [0, 0.05) is 10.2 Å². The number of rotatable bonds is 4. The number of benzene rings is 1. The van der Waals surface area contributed by atoms with E-state index < -0.39 is 22.0 Å². The molecule has 1 aromatic rings. The summed E-state index contributed by atoms with van der Waals surface area (Å²) in [7, 11) is -3.85. The summed E-state index contributed by atoms with van der Waals surface area (Å²) in [5.74, 6) is -0.824. The number of thioether (sulfide) groups is 1. The molecule has 1 fully saturated rings. The van der Waals surface area contributed by atoms with Gasteiger partial charge in [0.05, 0.1) is 10.3 Å². The van der Waals surface area contributed by atoms with Crippen LogP contribution in [0.4, 0.5) is 0 Å². The Balaban J connectivity index is 2.54. The molecule has 8 heteroatoms. The Labute approximate surface area is 136 Å². The van der Waals surface area contributed by atoms with Gasteiger partial charge in [0.25, 0.3) is 0 Å². The molecule has 0 saturated carbocycles. The molecule has 1 aromatic carbocycles. The van der Waals surface area contributed by atoms with Crippen molar-refractivity contribution in [2.75, 3.05) is 5.75 Å². The van der Waals surface area contributed by atoms with E-state index in [0.29, 0.717) is 16.5 Å². The fraction of sp³-hybridized carbons (Fsp3) is 0.462. The predicted octanol–water partition coefficient (Wildman–Crippen LogP) is 2.68. The van der Waals surface area contributed by atoms with Gasteiger partial charge in [-0.05, 0) is 31.0 Å². The maximum absolute atomic E-state index is 12.9. The van der Waals surface area contributed by atoms with Gasteiger partial charge in [0.15, 0.2) is 0 Å². The first-order valence-corrected chi connectivity index (χ1v) is 9.71. The summed E-state index contributed by atoms with van der Waals surface area (Å²) in [5.41, 5.74) is 0.606. The largest absolute Gasteiger partial charge is 0.480 e. The molecule has 0 radical (unpaired) electrons. The van der Waals surface area contributed by atoms with Gasteiger partial charge >= 0.3 is 5.97 Å². The van der Waals surface area contributed by atoms with Crippen LogP contribution in [-0.4, -0.2) is 41.0 Å². The molecular formula is C13H16BrNO4S2. The number of carboxylic acid groups (broad SMARTS) is 1. The Morgan fingerprint density at radius 2 is 2.19 bits per heavy atom. The summed E-state index contributed by atoms with van der Waals surface area (Å²) in [6.07, 6.45) is 0.570. The highest BCUT2D eigenvalue weighted by molar-refractivity contribution is 9.10. The third kappa shape index (κ3) is 3.13. The second-order valence-corrected chi connectivity index (χ2v) is 8.73. The fourth-order valence-corrected chi connectivity index (χ4v) is 6.62. The SMILES string of the molecule is CCC1SCC(C(=O)O)N1S(=O)(=O)c1cc(Br)ccc1C. The highest BCUT2D eigenvalue weighted by Crippen LogP contribution is 2.37. The second-order valence-electron chi connectivity index (χ2n) is 4.80. The van der Waals surface area contributed by atoms with Crippen LogP contribution in [0.15, 0.2) is 27.6 Å². The first-order chi connectivity index (χ1) is 9.78. The summed E-state index contributed by atoms with van der Waals surface area (Å²) >= 11 is 4.64. The maximum atomic E-state index is 12.9. The zero-order chi connectivity index (χ0) is 15.8. The summed E-state index contributed by atoms with van der Waals surface area (Å²) < 4.78 is 27.6. The molecule has 21 heavy (non-hydrogen) atoms. The van der Waals surface area contributed by atoms with Crippen molar-refractivity contribution in [3.63, 3.8) is 0 Å². The number of carboxylic acids is 1. The van der Waals surface area contributed by atoms with Gasteiger partial charge in [-0.2, -0.15) is 4.31 Å². The smallest absolute Gasteiger partial charge is 0.322 e. The first-order valence-electron chi connectivity index (χ1n) is 6.43. The van der Waals surface area contributed by atoms with Crippen LogP contribution >= 0.6 is 27.7 Å². The van der Waals surface area contributed by atoms with Gasteiger partial charge in [-0.25, -0.2) is 8.42 Å². The van der Waals surface area contributed by atoms with Crippen molar-refractivity contribution in [2.24, 2.45) is 0 Å². The molecule has 0 bridgehead atoms. The van der Waals surface area contributed by atoms with Crippen molar-refractivity contribution >= 4 is 43.7 Å². The van der Waals surface area contributed by atoms with Gasteiger partial charge in [-0.3, -0.25) is 4.79 Å². The van der Waals surface area contributed by atoms with Crippen molar-refractivity contribution in [3.05, 3.63) is 28.2 Å². The number of sulfonamides is 1. The standard InChI is InChI=1S/C13H16BrNO4S2/c1-3-12-15(10(7-20-12)13(16)17)21(18,19)11-6-9(14)5-4-8(11)2/h4-6,10,12H,3,7H2,1-2H3,(H,16,17). The number of aliphatic carboxylic acids is 1. The lowest BCUT2D eigenvalue weighted by Gasteiger charge is -2.26. The normalized spacial score (nSPS) is 23.4. The van der Waals surface area contributed by atoms with Crippen LogP contribution in [0.1, 0.15) is 18.9 Å². The highest BCUT2D eigenvalue weighted by atomic mass is 79.9. The molecule has 0 amide bonds. The molecule has 1 heterocycles. The van der Waals surface area contributed by atoms with Crippen LogP contribution in [0.5, 0.6) is 0 Å². The lowest BCUT2D eigenvalue weighted by atomic mass is 10.2. The average Bonchev–Trinajstić information content (AvgIpc) is 2.86. The summed E-state index contributed by atoms with van der Waals surface area (Å²) in [6.45, 7) is 3.57. The average molecular weight is 394 g/mol. The maximum Gasteiger partial charge on any atom is 0.322 e. The van der Waals surface area contributed by atoms with Crippen LogP contribution < -0.4 is 0 Å². The van der Waals surface area contributed by atoms with Gasteiger partial charge in [0.1, 0.15) is 6.04 Å². The van der Waals surface area contributed by atoms with E-state index in [9.17, 15) is 18.3 Å². The minimum atomic E-state index is -3.85. The van der Waals surface area contributed by atoms with Crippen LogP contribution in [0.2, 0.25) is 0 Å². The molecule has 0 aliphatic carbocycles. The Morgan fingerprint density at radius 3 is 2.76 bits per heavy atom. The second kappa shape index (κ2) is 6.28. The van der Waals surface area contributed by atoms with Gasteiger partial charge in [-0.1, -0.05) is 28.9 Å². The van der Waals surface area contributed by atoms with Crippen molar-refractivity contribution in [1.82, 2.24) is 4.31 Å². The van der Waals surface area contributed by atoms with E-state index >= 15 is 0 Å². The molecule has 2 atom stereocenters. The first kappa shape index (κ1) is 16.8. The number of hydrogen-bond acceptors (Lipinski definition) is 4. The van der Waals surface area contributed by atoms with Crippen molar-refractivity contribution in [3.8, 4) is 0 Å². The topological polar surface area (TPSA) is 74.7 Å². The summed E-state index contributed by atoms with van der Waals surface area (Å²) in [5, 5.41) is 8.96. The third-order valence-electron chi connectivity index (χ3n) is 3.38. The van der Waals surface area contributed by atoms with E-state index in [1.165, 1.54) is 17.8 Å². The molecule has 0 spiro atoms. The Hall–Kier alpha value is -0.570. The van der Waals surface area contributed by atoms with E-state index in [2.05, 4.69) is 15.9 Å². The molecular weight excluding hydrogens is 378 g/mol. The Morgan fingerprint density at radius 1 is 1.52 bits per heavy atom. The minimum Gasteiger partial charge on any atom is -0.480 e. The van der Waals surface area contributed by atoms with E-state index in [1.54, 1.807) is 19.1 Å². The van der Waals surface area contributed by atoms with Crippen molar-refractivity contribution < 1.29 is 18.3 Å².